The normalized spacial score (nSPS) is 11.4. The Labute approximate surface area is 162 Å². The van der Waals surface area contributed by atoms with Crippen LogP contribution in [-0.4, -0.2) is 11.7 Å². The molecule has 1 N–H and O–H groups in total. The van der Waals surface area contributed by atoms with Gasteiger partial charge in [0.2, 0.25) is 0 Å². The Morgan fingerprint density at radius 1 is 0.893 bits per heavy atom. The van der Waals surface area contributed by atoms with Crippen molar-refractivity contribution in [1.82, 2.24) is 0 Å². The summed E-state index contributed by atoms with van der Waals surface area (Å²) in [7, 11) is 0. The Morgan fingerprint density at radius 2 is 1.64 bits per heavy atom. The van der Waals surface area contributed by atoms with E-state index in [4.69, 9.17) is 9.15 Å². The van der Waals surface area contributed by atoms with Gasteiger partial charge in [0, 0.05) is 11.6 Å². The number of azo groups is 1. The summed E-state index contributed by atoms with van der Waals surface area (Å²) in [5.74, 6) is 1.13. The number of aromatic hydroxyl groups is 1. The smallest absolute Gasteiger partial charge is 0.311 e. The first-order valence-electron chi connectivity index (χ1n) is 9.11. The number of rotatable bonds is 5. The fraction of sp³-hybridized carbons (Fsp3) is 0.130. The van der Waals surface area contributed by atoms with Crippen molar-refractivity contribution in [2.24, 2.45) is 10.2 Å². The highest BCUT2D eigenvalue weighted by Gasteiger charge is 2.12. The number of benzene rings is 3. The first-order chi connectivity index (χ1) is 13.6. The van der Waals surface area contributed by atoms with Crippen molar-refractivity contribution < 1.29 is 14.3 Å². The van der Waals surface area contributed by atoms with E-state index in [0.29, 0.717) is 18.1 Å². The lowest BCUT2D eigenvalue weighted by Crippen LogP contribution is -1.90. The molecule has 0 saturated carbocycles. The van der Waals surface area contributed by atoms with Crippen molar-refractivity contribution in [3.8, 4) is 23.0 Å². The van der Waals surface area contributed by atoms with Gasteiger partial charge in [-0.3, -0.25) is 0 Å². The van der Waals surface area contributed by atoms with Gasteiger partial charge in [-0.05, 0) is 54.4 Å². The Morgan fingerprint density at radius 3 is 2.46 bits per heavy atom. The SMILES string of the molecule is CCOc1ccc2cc(-c3cc(N=Nc4ccccc4C)c(O)o3)ccc2c1. The highest BCUT2D eigenvalue weighted by Crippen LogP contribution is 2.38. The molecule has 1 heterocycles. The number of ether oxygens (including phenoxy) is 1. The monoisotopic (exact) mass is 372 g/mol. The van der Waals surface area contributed by atoms with Crippen molar-refractivity contribution in [2.45, 2.75) is 13.8 Å². The van der Waals surface area contributed by atoms with E-state index in [1.807, 2.05) is 74.5 Å². The molecule has 0 unspecified atom stereocenters. The molecule has 0 bridgehead atoms. The highest BCUT2D eigenvalue weighted by atomic mass is 16.5. The van der Waals surface area contributed by atoms with E-state index in [0.717, 1.165) is 33.3 Å². The molecule has 0 aliphatic carbocycles. The van der Waals surface area contributed by atoms with Crippen LogP contribution in [0, 0.1) is 6.92 Å². The van der Waals surface area contributed by atoms with Crippen LogP contribution in [-0.2, 0) is 0 Å². The lowest BCUT2D eigenvalue weighted by atomic mass is 10.1. The van der Waals surface area contributed by atoms with E-state index in [1.165, 1.54) is 0 Å². The molecule has 4 aromatic rings. The number of hydrogen-bond acceptors (Lipinski definition) is 5. The average Bonchev–Trinajstić information content (AvgIpc) is 3.08. The molecule has 0 spiro atoms. The van der Waals surface area contributed by atoms with Crippen molar-refractivity contribution in [3.05, 3.63) is 72.3 Å². The summed E-state index contributed by atoms with van der Waals surface area (Å²) in [6, 6.07) is 21.3. The zero-order valence-electron chi connectivity index (χ0n) is 15.7. The Bertz CT molecular complexity index is 1160. The molecular weight excluding hydrogens is 352 g/mol. The minimum atomic E-state index is -0.251. The van der Waals surface area contributed by atoms with Crippen LogP contribution in [0.3, 0.4) is 0 Å². The second-order valence-corrected chi connectivity index (χ2v) is 6.44. The third-order valence-electron chi connectivity index (χ3n) is 4.48. The Kier molecular flexibility index (Phi) is 4.81. The van der Waals surface area contributed by atoms with Gasteiger partial charge in [0.25, 0.3) is 0 Å². The molecule has 28 heavy (non-hydrogen) atoms. The maximum atomic E-state index is 10.1. The van der Waals surface area contributed by atoms with Crippen LogP contribution < -0.4 is 4.74 Å². The Hall–Kier alpha value is -3.60. The van der Waals surface area contributed by atoms with E-state index >= 15 is 0 Å². The number of hydrogen-bond donors (Lipinski definition) is 1. The first kappa shape index (κ1) is 17.8. The van der Waals surface area contributed by atoms with Crippen LogP contribution >= 0.6 is 0 Å². The summed E-state index contributed by atoms with van der Waals surface area (Å²) in [6.07, 6.45) is 0. The number of fused-ring (bicyclic) bond motifs is 1. The largest absolute Gasteiger partial charge is 0.494 e. The number of furan rings is 1. The van der Waals surface area contributed by atoms with Crippen LogP contribution in [0.2, 0.25) is 0 Å². The van der Waals surface area contributed by atoms with Gasteiger partial charge in [0.05, 0.1) is 12.3 Å². The van der Waals surface area contributed by atoms with Crippen LogP contribution in [0.25, 0.3) is 22.1 Å². The summed E-state index contributed by atoms with van der Waals surface area (Å²) in [6.45, 7) is 4.56. The molecule has 140 valence electrons. The molecular formula is C23H20N2O3. The summed E-state index contributed by atoms with van der Waals surface area (Å²) < 4.78 is 11.1. The van der Waals surface area contributed by atoms with Gasteiger partial charge in [-0.25, -0.2) is 0 Å². The highest BCUT2D eigenvalue weighted by molar-refractivity contribution is 5.88. The van der Waals surface area contributed by atoms with Crippen LogP contribution in [0.1, 0.15) is 12.5 Å². The van der Waals surface area contributed by atoms with E-state index in [9.17, 15) is 5.11 Å². The van der Waals surface area contributed by atoms with Crippen molar-refractivity contribution >= 4 is 22.1 Å². The second kappa shape index (κ2) is 7.56. The molecule has 0 amide bonds. The Balaban J connectivity index is 1.64. The quantitative estimate of drug-likeness (QED) is 0.386. The third-order valence-corrected chi connectivity index (χ3v) is 4.48. The van der Waals surface area contributed by atoms with Gasteiger partial charge in [-0.1, -0.05) is 36.4 Å². The predicted octanol–water partition coefficient (Wildman–Crippen LogP) is 6.93. The fourth-order valence-corrected chi connectivity index (χ4v) is 3.00. The predicted molar refractivity (Wildman–Crippen MR) is 110 cm³/mol. The molecule has 0 atom stereocenters. The number of nitrogens with zero attached hydrogens (tertiary/aromatic N) is 2. The lowest BCUT2D eigenvalue weighted by molar-refractivity contribution is 0.339. The van der Waals surface area contributed by atoms with Gasteiger partial charge in [-0.15, -0.1) is 5.11 Å². The minimum Gasteiger partial charge on any atom is -0.494 e. The van der Waals surface area contributed by atoms with Crippen molar-refractivity contribution in [3.63, 3.8) is 0 Å². The van der Waals surface area contributed by atoms with E-state index in [-0.39, 0.29) is 5.95 Å². The summed E-state index contributed by atoms with van der Waals surface area (Å²) >= 11 is 0. The maximum Gasteiger partial charge on any atom is 0.311 e. The van der Waals surface area contributed by atoms with Crippen LogP contribution in [0.15, 0.2) is 81.4 Å². The molecule has 0 fully saturated rings. The van der Waals surface area contributed by atoms with E-state index < -0.39 is 0 Å². The van der Waals surface area contributed by atoms with Crippen molar-refractivity contribution in [1.29, 1.82) is 0 Å². The molecule has 5 nitrogen and oxygen atoms in total. The number of aryl methyl sites for hydroxylation is 1. The molecule has 4 rings (SSSR count). The summed E-state index contributed by atoms with van der Waals surface area (Å²) in [4.78, 5) is 0. The fourth-order valence-electron chi connectivity index (χ4n) is 3.00. The lowest BCUT2D eigenvalue weighted by Gasteiger charge is -2.05. The van der Waals surface area contributed by atoms with Gasteiger partial charge < -0.3 is 14.3 Å². The van der Waals surface area contributed by atoms with Crippen molar-refractivity contribution in [2.75, 3.05) is 6.61 Å². The van der Waals surface area contributed by atoms with E-state index in [1.54, 1.807) is 6.07 Å². The summed E-state index contributed by atoms with van der Waals surface area (Å²) in [5, 5.41) is 20.6. The van der Waals surface area contributed by atoms with Gasteiger partial charge in [0.1, 0.15) is 11.5 Å². The molecule has 1 aromatic heterocycles. The molecule has 0 aliphatic rings. The van der Waals surface area contributed by atoms with Gasteiger partial charge in [0.15, 0.2) is 5.69 Å². The van der Waals surface area contributed by atoms with Crippen LogP contribution in [0.5, 0.6) is 11.7 Å². The third kappa shape index (κ3) is 3.60. The summed E-state index contributed by atoms with van der Waals surface area (Å²) in [5.41, 5.74) is 2.91. The topological polar surface area (TPSA) is 67.3 Å². The molecule has 0 aliphatic heterocycles. The molecule has 3 aromatic carbocycles. The molecule has 0 saturated heterocycles. The molecule has 0 radical (unpaired) electrons. The zero-order chi connectivity index (χ0) is 19.5. The maximum absolute atomic E-state index is 10.1. The standard InChI is InChI=1S/C23H20N2O3/c1-3-27-19-11-10-16-12-18(9-8-17(16)13-19)22-14-21(23(26)28-22)25-24-20-7-5-4-6-15(20)2/h4-14,26H,3H2,1-2H3. The molecule has 5 heteroatoms. The van der Waals surface area contributed by atoms with Gasteiger partial charge >= 0.3 is 5.95 Å². The minimum absolute atomic E-state index is 0.251. The average molecular weight is 372 g/mol. The van der Waals surface area contributed by atoms with E-state index in [2.05, 4.69) is 10.2 Å². The zero-order valence-corrected chi connectivity index (χ0v) is 15.7. The van der Waals surface area contributed by atoms with Gasteiger partial charge in [-0.2, -0.15) is 5.11 Å². The second-order valence-electron chi connectivity index (χ2n) is 6.44. The first-order valence-corrected chi connectivity index (χ1v) is 9.11. The van der Waals surface area contributed by atoms with Crippen LogP contribution in [0.4, 0.5) is 11.4 Å².